The second-order valence-corrected chi connectivity index (χ2v) is 8.99. The van der Waals surface area contributed by atoms with Crippen molar-refractivity contribution in [1.29, 1.82) is 0 Å². The fraction of sp³-hybridized carbons (Fsp3) is 0.720. The van der Waals surface area contributed by atoms with Crippen LogP contribution in [0.25, 0.3) is 0 Å². The van der Waals surface area contributed by atoms with Gasteiger partial charge in [-0.2, -0.15) is 0 Å². The first-order valence-electron chi connectivity index (χ1n) is 11.5. The molecule has 0 bridgehead atoms. The van der Waals surface area contributed by atoms with Crippen molar-refractivity contribution in [3.8, 4) is 5.75 Å². The highest BCUT2D eigenvalue weighted by Gasteiger charge is 2.33. The van der Waals surface area contributed by atoms with Crippen LogP contribution in [0.1, 0.15) is 76.7 Å². The molecule has 0 aliphatic heterocycles. The molecule has 0 heterocycles. The van der Waals surface area contributed by atoms with Crippen LogP contribution in [0.2, 0.25) is 0 Å². The summed E-state index contributed by atoms with van der Waals surface area (Å²) in [6, 6.07) is 7.85. The Hall–Kier alpha value is -1.35. The Kier molecular flexibility index (Phi) is 8.39. The molecule has 1 aromatic carbocycles. The minimum Gasteiger partial charge on any atom is -0.426 e. The molecule has 0 N–H and O–H groups in total. The first kappa shape index (κ1) is 21.4. The molecule has 2 aliphatic rings. The normalized spacial score (nSPS) is 28.1. The SMILES string of the molecule is CCCC1CCC(C2CCC(C(=O)Oc3ccc(CCOC)cc3)CC2)CC1. The van der Waals surface area contributed by atoms with Gasteiger partial charge in [-0.05, 0) is 80.4 Å². The second-order valence-electron chi connectivity index (χ2n) is 8.99. The molecule has 1 aromatic rings. The topological polar surface area (TPSA) is 35.5 Å². The number of hydrogen-bond acceptors (Lipinski definition) is 3. The van der Waals surface area contributed by atoms with Gasteiger partial charge in [-0.3, -0.25) is 4.79 Å². The van der Waals surface area contributed by atoms with Gasteiger partial charge in [-0.25, -0.2) is 0 Å². The van der Waals surface area contributed by atoms with Gasteiger partial charge < -0.3 is 9.47 Å². The average Bonchev–Trinajstić information content (AvgIpc) is 2.74. The molecule has 0 aromatic heterocycles. The first-order chi connectivity index (χ1) is 13.7. The molecule has 3 heteroatoms. The molecule has 3 rings (SSSR count). The predicted octanol–water partition coefficient (Wildman–Crippen LogP) is 6.19. The molecule has 0 unspecified atom stereocenters. The molecule has 28 heavy (non-hydrogen) atoms. The van der Waals surface area contributed by atoms with E-state index in [2.05, 4.69) is 6.92 Å². The quantitative estimate of drug-likeness (QED) is 0.394. The Bertz CT molecular complexity index is 578. The maximum atomic E-state index is 12.6. The summed E-state index contributed by atoms with van der Waals surface area (Å²) in [6.45, 7) is 3.02. The molecule has 156 valence electrons. The highest BCUT2D eigenvalue weighted by Crippen LogP contribution is 2.42. The third-order valence-corrected chi connectivity index (χ3v) is 7.10. The van der Waals surface area contributed by atoms with Crippen LogP contribution in [0.3, 0.4) is 0 Å². The van der Waals surface area contributed by atoms with Crippen molar-refractivity contribution >= 4 is 5.97 Å². The molecule has 0 amide bonds. The lowest BCUT2D eigenvalue weighted by molar-refractivity contribution is -0.140. The number of rotatable bonds is 8. The molecule has 2 saturated carbocycles. The van der Waals surface area contributed by atoms with Crippen molar-refractivity contribution in [2.75, 3.05) is 13.7 Å². The maximum absolute atomic E-state index is 12.6. The van der Waals surface area contributed by atoms with Crippen LogP contribution in [0.5, 0.6) is 5.75 Å². The van der Waals surface area contributed by atoms with E-state index in [1.54, 1.807) is 7.11 Å². The molecule has 0 spiro atoms. The number of esters is 1. The van der Waals surface area contributed by atoms with Crippen LogP contribution < -0.4 is 4.74 Å². The monoisotopic (exact) mass is 386 g/mol. The zero-order chi connectivity index (χ0) is 19.8. The van der Waals surface area contributed by atoms with Crippen molar-refractivity contribution in [3.63, 3.8) is 0 Å². The van der Waals surface area contributed by atoms with Gasteiger partial charge in [0.15, 0.2) is 0 Å². The van der Waals surface area contributed by atoms with Crippen LogP contribution in [0.4, 0.5) is 0 Å². The highest BCUT2D eigenvalue weighted by atomic mass is 16.5. The fourth-order valence-corrected chi connectivity index (χ4v) is 5.33. The lowest BCUT2D eigenvalue weighted by Crippen LogP contribution is -2.30. The molecule has 2 aliphatic carbocycles. The first-order valence-corrected chi connectivity index (χ1v) is 11.5. The summed E-state index contributed by atoms with van der Waals surface area (Å²) in [5.74, 6) is 3.45. The van der Waals surface area contributed by atoms with Crippen molar-refractivity contribution in [1.82, 2.24) is 0 Å². The van der Waals surface area contributed by atoms with Crippen LogP contribution in [-0.2, 0) is 16.0 Å². The smallest absolute Gasteiger partial charge is 0.314 e. The van der Waals surface area contributed by atoms with E-state index in [1.165, 1.54) is 56.9 Å². The lowest BCUT2D eigenvalue weighted by atomic mass is 9.69. The number of methoxy groups -OCH3 is 1. The molecular formula is C25H38O3. The molecule has 0 atom stereocenters. The number of hydrogen-bond donors (Lipinski definition) is 0. The van der Waals surface area contributed by atoms with Gasteiger partial charge in [-0.1, -0.05) is 44.7 Å². The standard InChI is InChI=1S/C25H38O3/c1-3-4-19-5-9-21(10-6-19)22-11-13-23(14-12-22)25(26)28-24-15-7-20(8-16-24)17-18-27-2/h7-8,15-16,19,21-23H,3-6,9-14,17-18H2,1-2H3. The van der Waals surface area contributed by atoms with Gasteiger partial charge in [0.2, 0.25) is 0 Å². The van der Waals surface area contributed by atoms with Gasteiger partial charge in [0.25, 0.3) is 0 Å². The summed E-state index contributed by atoms with van der Waals surface area (Å²) in [7, 11) is 1.71. The van der Waals surface area contributed by atoms with E-state index in [-0.39, 0.29) is 11.9 Å². The summed E-state index contributed by atoms with van der Waals surface area (Å²) in [5.41, 5.74) is 1.20. The van der Waals surface area contributed by atoms with E-state index in [1.807, 2.05) is 24.3 Å². The van der Waals surface area contributed by atoms with Crippen molar-refractivity contribution in [3.05, 3.63) is 29.8 Å². The summed E-state index contributed by atoms with van der Waals surface area (Å²) < 4.78 is 10.8. The van der Waals surface area contributed by atoms with E-state index >= 15 is 0 Å². The van der Waals surface area contributed by atoms with Crippen LogP contribution in [0.15, 0.2) is 24.3 Å². The Morgan fingerprint density at radius 3 is 2.11 bits per heavy atom. The van der Waals surface area contributed by atoms with E-state index in [9.17, 15) is 4.79 Å². The third kappa shape index (κ3) is 6.07. The predicted molar refractivity (Wildman–Crippen MR) is 113 cm³/mol. The molecular weight excluding hydrogens is 348 g/mol. The number of ether oxygens (including phenoxy) is 2. The van der Waals surface area contributed by atoms with Gasteiger partial charge >= 0.3 is 5.97 Å². The van der Waals surface area contributed by atoms with Crippen LogP contribution in [0, 0.1) is 23.7 Å². The molecule has 0 saturated heterocycles. The summed E-state index contributed by atoms with van der Waals surface area (Å²) in [4.78, 5) is 12.6. The Morgan fingerprint density at radius 2 is 1.54 bits per heavy atom. The number of carbonyl (C=O) groups is 1. The van der Waals surface area contributed by atoms with E-state index < -0.39 is 0 Å². The highest BCUT2D eigenvalue weighted by molar-refractivity contribution is 5.75. The number of benzene rings is 1. The van der Waals surface area contributed by atoms with E-state index in [4.69, 9.17) is 9.47 Å². The van der Waals surface area contributed by atoms with Crippen LogP contribution >= 0.6 is 0 Å². The minimum absolute atomic E-state index is 0.0326. The van der Waals surface area contributed by atoms with Crippen LogP contribution in [-0.4, -0.2) is 19.7 Å². The molecule has 2 fully saturated rings. The maximum Gasteiger partial charge on any atom is 0.314 e. The van der Waals surface area contributed by atoms with Gasteiger partial charge in [0.1, 0.15) is 5.75 Å². The Morgan fingerprint density at radius 1 is 0.929 bits per heavy atom. The van der Waals surface area contributed by atoms with Crippen molar-refractivity contribution in [2.45, 2.75) is 77.6 Å². The zero-order valence-corrected chi connectivity index (χ0v) is 17.8. The summed E-state index contributed by atoms with van der Waals surface area (Å²) >= 11 is 0. The molecule has 0 radical (unpaired) electrons. The molecule has 3 nitrogen and oxygen atoms in total. The van der Waals surface area contributed by atoms with E-state index in [0.29, 0.717) is 12.4 Å². The Labute approximate surface area is 171 Å². The Balaban J connectivity index is 1.40. The van der Waals surface area contributed by atoms with Crippen molar-refractivity contribution in [2.24, 2.45) is 23.7 Å². The van der Waals surface area contributed by atoms with Crippen molar-refractivity contribution < 1.29 is 14.3 Å². The zero-order valence-electron chi connectivity index (χ0n) is 17.8. The lowest BCUT2D eigenvalue weighted by Gasteiger charge is -2.37. The third-order valence-electron chi connectivity index (χ3n) is 7.10. The summed E-state index contributed by atoms with van der Waals surface area (Å²) in [6.07, 6.45) is 13.7. The van der Waals surface area contributed by atoms with E-state index in [0.717, 1.165) is 37.0 Å². The average molecular weight is 387 g/mol. The van der Waals surface area contributed by atoms with Gasteiger partial charge in [0.05, 0.1) is 12.5 Å². The van der Waals surface area contributed by atoms with Gasteiger partial charge in [-0.15, -0.1) is 0 Å². The minimum atomic E-state index is -0.0326. The largest absolute Gasteiger partial charge is 0.426 e. The second kappa shape index (κ2) is 11.0. The fourth-order valence-electron chi connectivity index (χ4n) is 5.33. The summed E-state index contributed by atoms with van der Waals surface area (Å²) in [5, 5.41) is 0. The number of carbonyl (C=O) groups excluding carboxylic acids is 1. The van der Waals surface area contributed by atoms with Gasteiger partial charge in [0, 0.05) is 7.11 Å².